The summed E-state index contributed by atoms with van der Waals surface area (Å²) in [5.41, 5.74) is 9.43. The van der Waals surface area contributed by atoms with Crippen molar-refractivity contribution in [3.63, 3.8) is 0 Å². The first kappa shape index (κ1) is 17.9. The fourth-order valence-electron chi connectivity index (χ4n) is 3.13. The molecule has 0 aliphatic heterocycles. The first-order valence-electron chi connectivity index (χ1n) is 9.05. The van der Waals surface area contributed by atoms with Crippen LogP contribution in [0.5, 0.6) is 0 Å². The van der Waals surface area contributed by atoms with Crippen molar-refractivity contribution in [1.29, 1.82) is 0 Å². The number of aromatic amines is 1. The fourth-order valence-corrected chi connectivity index (χ4v) is 3.13. The number of pyridine rings is 1. The molecule has 144 valence electrons. The Hall–Kier alpha value is -3.46. The van der Waals surface area contributed by atoms with Gasteiger partial charge >= 0.3 is 0 Å². The number of carbonyl (C=O) groups excluding carboxylic acids is 1. The second kappa shape index (κ2) is 7.28. The zero-order chi connectivity index (χ0) is 19.7. The second-order valence-corrected chi connectivity index (χ2v) is 6.61. The number of hydrogen-bond acceptors (Lipinski definition) is 6. The molecule has 0 bridgehead atoms. The molecule has 0 radical (unpaired) electrons. The topological polar surface area (TPSA) is 135 Å². The van der Waals surface area contributed by atoms with Crippen LogP contribution in [-0.4, -0.2) is 49.1 Å². The lowest BCUT2D eigenvalue weighted by atomic mass is 10.1. The van der Waals surface area contributed by atoms with Crippen LogP contribution >= 0.6 is 0 Å². The maximum atomic E-state index is 12.3. The lowest BCUT2D eigenvalue weighted by molar-refractivity contribution is -0.124. The maximum absolute atomic E-state index is 12.3. The van der Waals surface area contributed by atoms with Gasteiger partial charge in [-0.05, 0) is 31.5 Å². The third-order valence-electron chi connectivity index (χ3n) is 4.72. The maximum Gasteiger partial charge on any atom is 0.244 e. The quantitative estimate of drug-likeness (QED) is 0.376. The minimum absolute atomic E-state index is 0.0368. The Morgan fingerprint density at radius 1 is 1.36 bits per heavy atom. The minimum Gasteiger partial charge on any atom is -0.396 e. The van der Waals surface area contributed by atoms with E-state index in [4.69, 9.17) is 10.8 Å². The van der Waals surface area contributed by atoms with Crippen molar-refractivity contribution in [2.45, 2.75) is 19.4 Å². The number of rotatable bonds is 6. The van der Waals surface area contributed by atoms with E-state index in [1.807, 2.05) is 24.3 Å². The van der Waals surface area contributed by atoms with Gasteiger partial charge in [0.05, 0.1) is 16.6 Å². The van der Waals surface area contributed by atoms with E-state index < -0.39 is 6.04 Å². The van der Waals surface area contributed by atoms with E-state index in [2.05, 4.69) is 25.6 Å². The van der Waals surface area contributed by atoms with Crippen LogP contribution in [-0.2, 0) is 4.79 Å². The van der Waals surface area contributed by atoms with E-state index in [0.29, 0.717) is 29.7 Å². The molecule has 1 aromatic carbocycles. The predicted octanol–water partition coefficient (Wildman–Crippen LogP) is 1.62. The van der Waals surface area contributed by atoms with Gasteiger partial charge in [0.15, 0.2) is 0 Å². The number of nitrogens with one attached hydrogen (secondary N) is 2. The molecule has 0 saturated carbocycles. The molecule has 0 aliphatic carbocycles. The summed E-state index contributed by atoms with van der Waals surface area (Å²) in [6.45, 7) is 2.22. The summed E-state index contributed by atoms with van der Waals surface area (Å²) in [7, 11) is 0. The number of aromatic nitrogens is 5. The van der Waals surface area contributed by atoms with E-state index in [1.165, 1.54) is 0 Å². The zero-order valence-corrected chi connectivity index (χ0v) is 15.4. The summed E-state index contributed by atoms with van der Waals surface area (Å²) in [5.74, 6) is 0.196. The monoisotopic (exact) mass is 379 g/mol. The van der Waals surface area contributed by atoms with Gasteiger partial charge in [0.1, 0.15) is 17.4 Å². The van der Waals surface area contributed by atoms with Gasteiger partial charge in [-0.1, -0.05) is 6.07 Å². The normalized spacial score (nSPS) is 12.5. The molecule has 0 spiro atoms. The highest BCUT2D eigenvalue weighted by Gasteiger charge is 2.19. The predicted molar refractivity (Wildman–Crippen MR) is 106 cm³/mol. The standard InChI is InChI=1S/C19H21N7O2/c1-11(19(28)21-6-2-8-27)26-10-14-17(25-26)13-4-3-12(15-5-7-22-24-15)9-16(13)23-18(14)20/h3-5,7,9-11,27H,2,6,8H2,1H3,(H2,20,23)(H,21,28)(H,22,24). The molecule has 0 aliphatic rings. The average Bonchev–Trinajstić information content (AvgIpc) is 3.37. The van der Waals surface area contributed by atoms with E-state index >= 15 is 0 Å². The molecule has 1 unspecified atom stereocenters. The molecule has 4 aromatic rings. The number of fused-ring (bicyclic) bond motifs is 3. The number of carbonyl (C=O) groups is 1. The number of nitrogen functional groups attached to an aromatic ring is 1. The number of aliphatic hydroxyl groups excluding tert-OH is 1. The molecule has 1 amide bonds. The number of aliphatic hydroxyl groups is 1. The van der Waals surface area contributed by atoms with Gasteiger partial charge in [-0.15, -0.1) is 0 Å². The van der Waals surface area contributed by atoms with Crippen molar-refractivity contribution in [2.24, 2.45) is 0 Å². The molecule has 28 heavy (non-hydrogen) atoms. The van der Waals surface area contributed by atoms with Crippen molar-refractivity contribution in [3.8, 4) is 11.3 Å². The molecule has 3 aromatic heterocycles. The Kier molecular flexibility index (Phi) is 4.66. The first-order valence-corrected chi connectivity index (χ1v) is 9.05. The second-order valence-electron chi connectivity index (χ2n) is 6.61. The van der Waals surface area contributed by atoms with Crippen molar-refractivity contribution in [2.75, 3.05) is 18.9 Å². The van der Waals surface area contributed by atoms with Crippen LogP contribution in [0.4, 0.5) is 5.82 Å². The zero-order valence-electron chi connectivity index (χ0n) is 15.4. The Labute approximate surface area is 160 Å². The molecule has 9 heteroatoms. The van der Waals surface area contributed by atoms with Gasteiger partial charge in [0, 0.05) is 36.5 Å². The van der Waals surface area contributed by atoms with Crippen LogP contribution < -0.4 is 11.1 Å². The minimum atomic E-state index is -0.509. The van der Waals surface area contributed by atoms with Crippen LogP contribution in [0, 0.1) is 0 Å². The highest BCUT2D eigenvalue weighted by Crippen LogP contribution is 2.30. The summed E-state index contributed by atoms with van der Waals surface area (Å²) in [4.78, 5) is 16.8. The van der Waals surface area contributed by atoms with Crippen molar-refractivity contribution >= 4 is 33.5 Å². The largest absolute Gasteiger partial charge is 0.396 e. The third-order valence-corrected chi connectivity index (χ3v) is 4.72. The molecule has 0 saturated heterocycles. The smallest absolute Gasteiger partial charge is 0.244 e. The molecule has 9 nitrogen and oxygen atoms in total. The summed E-state index contributed by atoms with van der Waals surface area (Å²) < 4.78 is 1.60. The lowest BCUT2D eigenvalue weighted by Crippen LogP contribution is -2.32. The number of H-pyrrole nitrogens is 1. The van der Waals surface area contributed by atoms with Gasteiger partial charge in [-0.25, -0.2) is 4.98 Å². The molecule has 5 N–H and O–H groups in total. The molecular formula is C19H21N7O2. The number of anilines is 1. The van der Waals surface area contributed by atoms with E-state index in [-0.39, 0.29) is 12.5 Å². The van der Waals surface area contributed by atoms with Gasteiger partial charge in [-0.2, -0.15) is 10.2 Å². The third kappa shape index (κ3) is 3.16. The van der Waals surface area contributed by atoms with Gasteiger partial charge < -0.3 is 16.2 Å². The van der Waals surface area contributed by atoms with Gasteiger partial charge in [-0.3, -0.25) is 14.6 Å². The van der Waals surface area contributed by atoms with Gasteiger partial charge in [0.25, 0.3) is 0 Å². The van der Waals surface area contributed by atoms with Crippen LogP contribution in [0.1, 0.15) is 19.4 Å². The Balaban J connectivity index is 1.73. The first-order chi connectivity index (χ1) is 13.6. The van der Waals surface area contributed by atoms with Gasteiger partial charge in [0.2, 0.25) is 5.91 Å². The highest BCUT2D eigenvalue weighted by atomic mass is 16.3. The van der Waals surface area contributed by atoms with Crippen LogP contribution in [0.3, 0.4) is 0 Å². The Morgan fingerprint density at radius 3 is 2.96 bits per heavy atom. The molecular weight excluding hydrogens is 358 g/mol. The summed E-state index contributed by atoms with van der Waals surface area (Å²) in [5, 5.41) is 24.7. The Morgan fingerprint density at radius 2 is 2.21 bits per heavy atom. The van der Waals surface area contributed by atoms with E-state index in [9.17, 15) is 4.79 Å². The van der Waals surface area contributed by atoms with E-state index in [1.54, 1.807) is 24.0 Å². The number of amides is 1. The van der Waals surface area contributed by atoms with Crippen LogP contribution in [0.25, 0.3) is 33.1 Å². The summed E-state index contributed by atoms with van der Waals surface area (Å²) in [6, 6.07) is 7.23. The van der Waals surface area contributed by atoms with E-state index in [0.717, 1.165) is 22.2 Å². The highest BCUT2D eigenvalue weighted by molar-refractivity contribution is 6.08. The van der Waals surface area contributed by atoms with Crippen molar-refractivity contribution < 1.29 is 9.90 Å². The summed E-state index contributed by atoms with van der Waals surface area (Å²) >= 11 is 0. The van der Waals surface area contributed by atoms with Crippen LogP contribution in [0.2, 0.25) is 0 Å². The summed E-state index contributed by atoms with van der Waals surface area (Å²) in [6.07, 6.45) is 3.95. The molecule has 4 rings (SSSR count). The van der Waals surface area contributed by atoms with Crippen molar-refractivity contribution in [3.05, 3.63) is 36.7 Å². The molecule has 0 fully saturated rings. The Bertz CT molecular complexity index is 1130. The number of nitrogens with zero attached hydrogens (tertiary/aromatic N) is 4. The molecule has 3 heterocycles. The number of hydrogen-bond donors (Lipinski definition) is 4. The number of nitrogens with two attached hydrogens (primary N) is 1. The average molecular weight is 379 g/mol. The van der Waals surface area contributed by atoms with Crippen LogP contribution in [0.15, 0.2) is 36.7 Å². The van der Waals surface area contributed by atoms with Crippen molar-refractivity contribution in [1.82, 2.24) is 30.3 Å². The lowest BCUT2D eigenvalue weighted by Gasteiger charge is -2.12. The fraction of sp³-hybridized carbons (Fsp3) is 0.263. The SMILES string of the molecule is CC(C(=O)NCCCO)n1cc2c(N)nc3cc(-c4ccn[nH]4)ccc3c2n1. The molecule has 1 atom stereocenters. The number of benzene rings is 1.